The van der Waals surface area contributed by atoms with Crippen molar-refractivity contribution >= 4 is 29.1 Å². The largest absolute Gasteiger partial charge is 0.339 e. The topological polar surface area (TPSA) is 33.2 Å². The number of hydrogen-bond acceptors (Lipinski definition) is 2. The van der Waals surface area contributed by atoms with Crippen LogP contribution < -0.4 is 0 Å². The summed E-state index contributed by atoms with van der Waals surface area (Å²) in [5, 5.41) is 0.506. The van der Waals surface area contributed by atoms with E-state index in [1.807, 2.05) is 4.90 Å². The summed E-state index contributed by atoms with van der Waals surface area (Å²) >= 11 is 11.6. The maximum Gasteiger partial charge on any atom is 0.254 e. The minimum absolute atomic E-state index is 0.0169. The molecule has 1 aromatic heterocycles. The van der Waals surface area contributed by atoms with Crippen molar-refractivity contribution < 1.29 is 4.79 Å². The van der Waals surface area contributed by atoms with Crippen molar-refractivity contribution in [1.82, 2.24) is 9.88 Å². The van der Waals surface area contributed by atoms with Gasteiger partial charge in [-0.1, -0.05) is 37.0 Å². The third kappa shape index (κ3) is 3.15. The summed E-state index contributed by atoms with van der Waals surface area (Å²) in [7, 11) is 0. The first-order valence-corrected chi connectivity index (χ1v) is 6.75. The number of hydrogen-bond donors (Lipinski definition) is 0. The lowest BCUT2D eigenvalue weighted by Gasteiger charge is -2.36. The average molecular weight is 287 g/mol. The Morgan fingerprint density at radius 1 is 1.22 bits per heavy atom. The number of nitrogens with zero attached hydrogens (tertiary/aromatic N) is 2. The van der Waals surface area contributed by atoms with Crippen LogP contribution in [-0.2, 0) is 0 Å². The van der Waals surface area contributed by atoms with Crippen molar-refractivity contribution in [1.29, 1.82) is 0 Å². The second kappa shape index (κ2) is 5.06. The molecule has 1 amide bonds. The molecule has 3 nitrogen and oxygen atoms in total. The predicted molar refractivity (Wildman–Crippen MR) is 73.2 cm³/mol. The fourth-order valence-electron chi connectivity index (χ4n) is 2.09. The van der Waals surface area contributed by atoms with Gasteiger partial charge in [0.2, 0.25) is 0 Å². The molecule has 0 atom stereocenters. The fourth-order valence-corrected chi connectivity index (χ4v) is 2.55. The molecule has 0 aromatic carbocycles. The molecule has 0 N–H and O–H groups in total. The van der Waals surface area contributed by atoms with Gasteiger partial charge in [0, 0.05) is 18.7 Å². The van der Waals surface area contributed by atoms with Crippen LogP contribution in [0.2, 0.25) is 10.3 Å². The van der Waals surface area contributed by atoms with Gasteiger partial charge >= 0.3 is 0 Å². The molecule has 1 saturated heterocycles. The van der Waals surface area contributed by atoms with Crippen LogP contribution in [0.5, 0.6) is 0 Å². The lowest BCUT2D eigenvalue weighted by Crippen LogP contribution is -2.41. The number of aromatic nitrogens is 1. The Morgan fingerprint density at radius 2 is 1.72 bits per heavy atom. The van der Waals surface area contributed by atoms with E-state index in [1.54, 1.807) is 12.1 Å². The molecule has 2 heterocycles. The summed E-state index contributed by atoms with van der Waals surface area (Å²) in [4.78, 5) is 18.0. The smallest absolute Gasteiger partial charge is 0.254 e. The first kappa shape index (κ1) is 13.6. The molecule has 0 unspecified atom stereocenters. The van der Waals surface area contributed by atoms with Gasteiger partial charge in [-0.15, -0.1) is 0 Å². The Morgan fingerprint density at radius 3 is 2.22 bits per heavy atom. The Kier molecular flexibility index (Phi) is 3.83. The normalized spacial score (nSPS) is 18.8. The predicted octanol–water partition coefficient (Wildman–Crippen LogP) is 3.65. The highest BCUT2D eigenvalue weighted by Gasteiger charge is 2.28. The van der Waals surface area contributed by atoms with E-state index in [0.29, 0.717) is 11.0 Å². The number of pyridine rings is 1. The summed E-state index contributed by atoms with van der Waals surface area (Å²) in [6.45, 7) is 6.02. The quantitative estimate of drug-likeness (QED) is 0.739. The standard InChI is InChI=1S/C13H16Cl2N2O/c1-13(2)3-5-17(6-4-13)12(18)9-7-10(14)16-11(15)8-9/h7-8H,3-6H2,1-2H3. The Balaban J connectivity index is 2.12. The summed E-state index contributed by atoms with van der Waals surface area (Å²) in [6, 6.07) is 3.13. The highest BCUT2D eigenvalue weighted by molar-refractivity contribution is 6.33. The number of halogens is 2. The third-order valence-corrected chi connectivity index (χ3v) is 3.80. The molecule has 0 bridgehead atoms. The Hall–Kier alpha value is -0.800. The van der Waals surface area contributed by atoms with E-state index in [-0.39, 0.29) is 16.2 Å². The molecule has 0 spiro atoms. The summed E-state index contributed by atoms with van der Waals surface area (Å²) in [5.74, 6) is -0.0169. The van der Waals surface area contributed by atoms with Crippen LogP contribution in [0.1, 0.15) is 37.0 Å². The van der Waals surface area contributed by atoms with E-state index < -0.39 is 0 Å². The zero-order valence-electron chi connectivity index (χ0n) is 10.5. The average Bonchev–Trinajstić information content (AvgIpc) is 2.27. The monoisotopic (exact) mass is 286 g/mol. The van der Waals surface area contributed by atoms with Crippen molar-refractivity contribution in [3.63, 3.8) is 0 Å². The van der Waals surface area contributed by atoms with Gasteiger partial charge in [0.05, 0.1) is 0 Å². The molecule has 98 valence electrons. The van der Waals surface area contributed by atoms with Crippen molar-refractivity contribution in [3.05, 3.63) is 28.0 Å². The SMILES string of the molecule is CC1(C)CCN(C(=O)c2cc(Cl)nc(Cl)c2)CC1. The third-order valence-electron chi connectivity index (χ3n) is 3.41. The molecule has 1 aromatic rings. The zero-order valence-corrected chi connectivity index (χ0v) is 12.1. The fraction of sp³-hybridized carbons (Fsp3) is 0.538. The van der Waals surface area contributed by atoms with E-state index in [4.69, 9.17) is 23.2 Å². The van der Waals surface area contributed by atoms with Crippen LogP contribution in [-0.4, -0.2) is 28.9 Å². The van der Waals surface area contributed by atoms with Crippen LogP contribution >= 0.6 is 23.2 Å². The Bertz CT molecular complexity index is 444. The van der Waals surface area contributed by atoms with Gasteiger partial charge in [0.25, 0.3) is 5.91 Å². The van der Waals surface area contributed by atoms with Crippen LogP contribution in [0, 0.1) is 5.41 Å². The van der Waals surface area contributed by atoms with Gasteiger partial charge in [0.1, 0.15) is 10.3 Å². The molecule has 2 rings (SSSR count). The lowest BCUT2D eigenvalue weighted by atomic mass is 9.82. The number of likely N-dealkylation sites (tertiary alicyclic amines) is 1. The van der Waals surface area contributed by atoms with E-state index in [0.717, 1.165) is 25.9 Å². The van der Waals surface area contributed by atoms with E-state index in [9.17, 15) is 4.79 Å². The molecule has 1 aliphatic rings. The molecule has 1 fully saturated rings. The molecule has 18 heavy (non-hydrogen) atoms. The second-order valence-electron chi connectivity index (χ2n) is 5.46. The van der Waals surface area contributed by atoms with Gasteiger partial charge in [-0.25, -0.2) is 4.98 Å². The van der Waals surface area contributed by atoms with Gasteiger partial charge < -0.3 is 4.90 Å². The summed E-state index contributed by atoms with van der Waals surface area (Å²) in [6.07, 6.45) is 2.04. The minimum atomic E-state index is -0.0169. The lowest BCUT2D eigenvalue weighted by molar-refractivity contribution is 0.0630. The molecule has 5 heteroatoms. The van der Waals surface area contributed by atoms with E-state index in [1.165, 1.54) is 0 Å². The maximum absolute atomic E-state index is 12.3. The summed E-state index contributed by atoms with van der Waals surface area (Å²) < 4.78 is 0. The highest BCUT2D eigenvalue weighted by atomic mass is 35.5. The van der Waals surface area contributed by atoms with Crippen molar-refractivity contribution in [3.8, 4) is 0 Å². The van der Waals surface area contributed by atoms with Crippen LogP contribution in [0.15, 0.2) is 12.1 Å². The van der Waals surface area contributed by atoms with Crippen molar-refractivity contribution in [2.75, 3.05) is 13.1 Å². The molecule has 0 aliphatic carbocycles. The van der Waals surface area contributed by atoms with Crippen LogP contribution in [0.25, 0.3) is 0 Å². The van der Waals surface area contributed by atoms with Gasteiger partial charge in [-0.05, 0) is 30.4 Å². The number of carbonyl (C=O) groups is 1. The van der Waals surface area contributed by atoms with E-state index >= 15 is 0 Å². The first-order chi connectivity index (χ1) is 8.37. The molecular formula is C13H16Cl2N2O. The minimum Gasteiger partial charge on any atom is -0.339 e. The zero-order chi connectivity index (χ0) is 13.3. The Labute approximate surface area is 117 Å². The molecule has 0 radical (unpaired) electrons. The summed E-state index contributed by atoms with van der Waals surface area (Å²) in [5.41, 5.74) is 0.837. The number of rotatable bonds is 1. The van der Waals surface area contributed by atoms with Gasteiger partial charge in [-0.2, -0.15) is 0 Å². The molecule has 1 aliphatic heterocycles. The number of piperidine rings is 1. The van der Waals surface area contributed by atoms with Gasteiger partial charge in [-0.3, -0.25) is 4.79 Å². The first-order valence-electron chi connectivity index (χ1n) is 6.00. The van der Waals surface area contributed by atoms with E-state index in [2.05, 4.69) is 18.8 Å². The molecule has 0 saturated carbocycles. The molecular weight excluding hydrogens is 271 g/mol. The number of carbonyl (C=O) groups excluding carboxylic acids is 1. The second-order valence-corrected chi connectivity index (χ2v) is 6.23. The van der Waals surface area contributed by atoms with Gasteiger partial charge in [0.15, 0.2) is 0 Å². The van der Waals surface area contributed by atoms with Crippen LogP contribution in [0.4, 0.5) is 0 Å². The van der Waals surface area contributed by atoms with Crippen molar-refractivity contribution in [2.45, 2.75) is 26.7 Å². The highest BCUT2D eigenvalue weighted by Crippen LogP contribution is 2.30. The van der Waals surface area contributed by atoms with Crippen LogP contribution in [0.3, 0.4) is 0 Å². The van der Waals surface area contributed by atoms with Crippen molar-refractivity contribution in [2.24, 2.45) is 5.41 Å². The number of amides is 1. The maximum atomic E-state index is 12.3.